The summed E-state index contributed by atoms with van der Waals surface area (Å²) in [6.07, 6.45) is 1.54. The highest BCUT2D eigenvalue weighted by Crippen LogP contribution is 2.10. The van der Waals surface area contributed by atoms with Gasteiger partial charge in [-0.3, -0.25) is 0 Å². The minimum atomic E-state index is -0.414. The Labute approximate surface area is 96.7 Å². The fraction of sp³-hybridized carbons (Fsp3) is 0.500. The minimum absolute atomic E-state index is 0.388. The van der Waals surface area contributed by atoms with Crippen LogP contribution < -0.4 is 5.76 Å². The summed E-state index contributed by atoms with van der Waals surface area (Å²) < 4.78 is 6.25. The highest BCUT2D eigenvalue weighted by molar-refractivity contribution is 7.09. The van der Waals surface area contributed by atoms with Gasteiger partial charge in [-0.05, 0) is 6.42 Å². The second-order valence-electron chi connectivity index (χ2n) is 3.36. The predicted octanol–water partition coefficient (Wildman–Crippen LogP) is 1.47. The Balaban J connectivity index is 2.19. The van der Waals surface area contributed by atoms with E-state index in [9.17, 15) is 4.79 Å². The molecule has 86 valence electrons. The van der Waals surface area contributed by atoms with Crippen LogP contribution in [0.3, 0.4) is 0 Å². The van der Waals surface area contributed by atoms with Crippen molar-refractivity contribution in [2.24, 2.45) is 0 Å². The van der Waals surface area contributed by atoms with Crippen LogP contribution in [0.5, 0.6) is 0 Å². The molecule has 0 atom stereocenters. The average Bonchev–Trinajstić information content (AvgIpc) is 2.87. The van der Waals surface area contributed by atoms with E-state index in [1.54, 1.807) is 11.3 Å². The quantitative estimate of drug-likeness (QED) is 0.810. The van der Waals surface area contributed by atoms with Crippen molar-refractivity contribution in [3.8, 4) is 0 Å². The number of nitrogens with zero attached hydrogens (tertiary/aromatic N) is 3. The van der Waals surface area contributed by atoms with Crippen LogP contribution in [0.25, 0.3) is 0 Å². The van der Waals surface area contributed by atoms with Crippen LogP contribution in [0.2, 0.25) is 0 Å². The van der Waals surface area contributed by atoms with Gasteiger partial charge in [-0.15, -0.1) is 16.4 Å². The molecular weight excluding hydrogens is 226 g/mol. The molecule has 0 aliphatic heterocycles. The van der Waals surface area contributed by atoms with E-state index in [-0.39, 0.29) is 0 Å². The van der Waals surface area contributed by atoms with E-state index < -0.39 is 5.76 Å². The van der Waals surface area contributed by atoms with Crippen molar-refractivity contribution in [2.45, 2.75) is 33.2 Å². The molecule has 0 unspecified atom stereocenters. The van der Waals surface area contributed by atoms with Gasteiger partial charge in [-0.1, -0.05) is 13.8 Å². The highest BCUT2D eigenvalue weighted by Gasteiger charge is 2.08. The van der Waals surface area contributed by atoms with E-state index in [2.05, 4.69) is 17.0 Å². The summed E-state index contributed by atoms with van der Waals surface area (Å²) in [6, 6.07) is 0. The first kappa shape index (κ1) is 11.1. The number of aromatic nitrogens is 3. The van der Waals surface area contributed by atoms with E-state index in [1.807, 2.05) is 12.3 Å². The highest BCUT2D eigenvalue weighted by atomic mass is 32.1. The van der Waals surface area contributed by atoms with Crippen LogP contribution in [0, 0.1) is 0 Å². The molecule has 2 rings (SSSR count). The normalized spacial score (nSPS) is 10.9. The van der Waals surface area contributed by atoms with Crippen LogP contribution >= 0.6 is 11.3 Å². The lowest BCUT2D eigenvalue weighted by atomic mass is 10.4. The minimum Gasteiger partial charge on any atom is -0.392 e. The molecule has 0 fully saturated rings. The van der Waals surface area contributed by atoms with Crippen molar-refractivity contribution in [2.75, 3.05) is 0 Å². The summed E-state index contributed by atoms with van der Waals surface area (Å²) in [4.78, 5) is 15.8. The Morgan fingerprint density at radius 1 is 1.44 bits per heavy atom. The fourth-order valence-electron chi connectivity index (χ4n) is 1.33. The molecule has 0 spiro atoms. The lowest BCUT2D eigenvalue weighted by molar-refractivity contribution is 0.453. The molecule has 0 saturated heterocycles. The molecule has 2 heterocycles. The van der Waals surface area contributed by atoms with Crippen molar-refractivity contribution in [3.63, 3.8) is 0 Å². The topological polar surface area (TPSA) is 60.9 Å². The maximum absolute atomic E-state index is 11.4. The van der Waals surface area contributed by atoms with Crippen molar-refractivity contribution < 1.29 is 4.42 Å². The summed E-state index contributed by atoms with van der Waals surface area (Å²) in [5, 5.41) is 7.08. The van der Waals surface area contributed by atoms with Crippen LogP contribution in [0.4, 0.5) is 0 Å². The Morgan fingerprint density at radius 3 is 2.81 bits per heavy atom. The average molecular weight is 239 g/mol. The Bertz CT molecular complexity index is 526. The SMILES string of the molecule is CCc1nn(Cc2csc(CC)n2)c(=O)o1. The van der Waals surface area contributed by atoms with Gasteiger partial charge in [0.15, 0.2) is 0 Å². The number of aryl methyl sites for hydroxylation is 2. The first-order valence-corrected chi connectivity index (χ1v) is 6.11. The summed E-state index contributed by atoms with van der Waals surface area (Å²) >= 11 is 1.60. The number of rotatable bonds is 4. The Hall–Kier alpha value is -1.43. The second kappa shape index (κ2) is 4.61. The van der Waals surface area contributed by atoms with Crippen molar-refractivity contribution >= 4 is 11.3 Å². The molecule has 5 nitrogen and oxygen atoms in total. The molecular formula is C10H13N3O2S. The van der Waals surface area contributed by atoms with Gasteiger partial charge in [0, 0.05) is 11.8 Å². The zero-order chi connectivity index (χ0) is 11.5. The standard InChI is InChI=1S/C10H13N3O2S/c1-3-8-12-13(10(14)15-8)5-7-6-16-9(4-2)11-7/h6H,3-5H2,1-2H3. The summed E-state index contributed by atoms with van der Waals surface area (Å²) in [6.45, 7) is 4.34. The molecule has 0 N–H and O–H groups in total. The molecule has 0 amide bonds. The van der Waals surface area contributed by atoms with Crippen molar-refractivity contribution in [1.29, 1.82) is 0 Å². The second-order valence-corrected chi connectivity index (χ2v) is 4.30. The van der Waals surface area contributed by atoms with E-state index in [1.165, 1.54) is 4.68 Å². The monoisotopic (exact) mass is 239 g/mol. The summed E-state index contributed by atoms with van der Waals surface area (Å²) in [5.74, 6) is 0.0545. The molecule has 0 aliphatic carbocycles. The van der Waals surface area contributed by atoms with Crippen LogP contribution in [-0.2, 0) is 19.4 Å². The lowest BCUT2D eigenvalue weighted by Gasteiger charge is -1.93. The summed E-state index contributed by atoms with van der Waals surface area (Å²) in [5.41, 5.74) is 0.861. The number of thiazole rings is 1. The van der Waals surface area contributed by atoms with Gasteiger partial charge in [-0.2, -0.15) is 4.68 Å². The summed E-state index contributed by atoms with van der Waals surface area (Å²) in [7, 11) is 0. The largest absolute Gasteiger partial charge is 0.437 e. The molecule has 2 aromatic heterocycles. The van der Waals surface area contributed by atoms with Crippen LogP contribution in [-0.4, -0.2) is 14.8 Å². The predicted molar refractivity (Wildman–Crippen MR) is 60.7 cm³/mol. The van der Waals surface area contributed by atoms with Gasteiger partial charge in [0.05, 0.1) is 17.2 Å². The zero-order valence-corrected chi connectivity index (χ0v) is 10.1. The molecule has 2 aromatic rings. The van der Waals surface area contributed by atoms with Gasteiger partial charge < -0.3 is 4.42 Å². The van der Waals surface area contributed by atoms with E-state index in [0.29, 0.717) is 18.9 Å². The maximum atomic E-state index is 11.4. The van der Waals surface area contributed by atoms with Crippen molar-refractivity contribution in [1.82, 2.24) is 14.8 Å². The van der Waals surface area contributed by atoms with Gasteiger partial charge in [0.1, 0.15) is 0 Å². The van der Waals surface area contributed by atoms with Gasteiger partial charge >= 0.3 is 5.76 Å². The molecule has 0 aromatic carbocycles. The molecule has 0 saturated carbocycles. The number of hydrogen-bond donors (Lipinski definition) is 0. The molecule has 0 bridgehead atoms. The molecule has 0 radical (unpaired) electrons. The molecule has 0 aliphatic rings. The van der Waals surface area contributed by atoms with E-state index >= 15 is 0 Å². The third-order valence-electron chi connectivity index (χ3n) is 2.16. The Kier molecular flexibility index (Phi) is 3.19. The zero-order valence-electron chi connectivity index (χ0n) is 9.27. The third-order valence-corrected chi connectivity index (χ3v) is 3.21. The molecule has 6 heteroatoms. The Morgan fingerprint density at radius 2 is 2.25 bits per heavy atom. The van der Waals surface area contributed by atoms with E-state index in [4.69, 9.17) is 4.42 Å². The van der Waals surface area contributed by atoms with Crippen LogP contribution in [0.15, 0.2) is 14.6 Å². The molecule has 16 heavy (non-hydrogen) atoms. The first-order chi connectivity index (χ1) is 7.72. The fourth-order valence-corrected chi connectivity index (χ4v) is 2.07. The van der Waals surface area contributed by atoms with E-state index in [0.717, 1.165) is 17.1 Å². The first-order valence-electron chi connectivity index (χ1n) is 5.23. The van der Waals surface area contributed by atoms with Crippen molar-refractivity contribution in [3.05, 3.63) is 32.5 Å². The third kappa shape index (κ3) is 2.21. The van der Waals surface area contributed by atoms with Gasteiger partial charge in [0.2, 0.25) is 5.89 Å². The van der Waals surface area contributed by atoms with Gasteiger partial charge in [-0.25, -0.2) is 9.78 Å². The lowest BCUT2D eigenvalue weighted by Crippen LogP contribution is -2.16. The maximum Gasteiger partial charge on any atom is 0.437 e. The smallest absolute Gasteiger partial charge is 0.392 e. The van der Waals surface area contributed by atoms with Gasteiger partial charge in [0.25, 0.3) is 0 Å². The number of hydrogen-bond acceptors (Lipinski definition) is 5. The van der Waals surface area contributed by atoms with Crippen LogP contribution in [0.1, 0.15) is 30.4 Å².